The van der Waals surface area contributed by atoms with Gasteiger partial charge in [0.1, 0.15) is 0 Å². The van der Waals surface area contributed by atoms with Crippen LogP contribution in [0.1, 0.15) is 33.4 Å². The van der Waals surface area contributed by atoms with Crippen molar-refractivity contribution in [3.05, 3.63) is 106 Å². The quantitative estimate of drug-likeness (QED) is 0.434. The molecule has 180 valence electrons. The molecule has 0 amide bonds. The molecule has 36 heavy (non-hydrogen) atoms. The zero-order valence-electron chi connectivity index (χ0n) is 20.5. The first-order chi connectivity index (χ1) is 17.8. The molecule has 0 aliphatic carbocycles. The number of anilines is 3. The van der Waals surface area contributed by atoms with E-state index >= 15 is 0 Å². The summed E-state index contributed by atoms with van der Waals surface area (Å²) in [5.74, 6) is 2.38. The van der Waals surface area contributed by atoms with E-state index in [0.29, 0.717) is 0 Å². The smallest absolute Gasteiger partial charge is 0.232 e. The number of nitrogens with zero attached hydrogens (tertiary/aromatic N) is 6. The Bertz CT molecular complexity index is 1230. The van der Waals surface area contributed by atoms with E-state index in [9.17, 15) is 0 Å². The molecule has 0 spiro atoms. The van der Waals surface area contributed by atoms with Crippen LogP contribution in [0, 0.1) is 0 Å². The predicted octanol–water partition coefficient (Wildman–Crippen LogP) is 4.56. The van der Waals surface area contributed by atoms with Gasteiger partial charge in [-0.3, -0.25) is 0 Å². The molecule has 4 heterocycles. The minimum Gasteiger partial charge on any atom is -0.336 e. The normalized spacial score (nSPS) is 16.8. The van der Waals surface area contributed by atoms with Crippen LogP contribution >= 0.6 is 0 Å². The Hall–Kier alpha value is -3.93. The Morgan fingerprint density at radius 1 is 0.389 bits per heavy atom. The van der Waals surface area contributed by atoms with Crippen LogP contribution in [0.4, 0.5) is 17.8 Å². The van der Waals surface area contributed by atoms with Crippen LogP contribution in [0.2, 0.25) is 0 Å². The van der Waals surface area contributed by atoms with Crippen LogP contribution in [0.25, 0.3) is 0 Å². The average molecular weight is 475 g/mol. The van der Waals surface area contributed by atoms with Gasteiger partial charge in [0.2, 0.25) is 17.8 Å². The zero-order chi connectivity index (χ0) is 23.9. The second-order valence-electron chi connectivity index (χ2n) is 10.1. The monoisotopic (exact) mass is 474 g/mol. The number of benzene rings is 3. The van der Waals surface area contributed by atoms with Crippen LogP contribution in [0.15, 0.2) is 72.8 Å². The van der Waals surface area contributed by atoms with E-state index in [4.69, 9.17) is 15.0 Å². The Balaban J connectivity index is 1.25. The molecule has 1 aromatic heterocycles. The van der Waals surface area contributed by atoms with Crippen molar-refractivity contribution < 1.29 is 0 Å². The molecule has 0 bridgehead atoms. The van der Waals surface area contributed by atoms with Crippen molar-refractivity contribution >= 4 is 17.8 Å². The average Bonchev–Trinajstić information content (AvgIpc) is 2.96. The number of rotatable bonds is 3. The molecule has 6 heteroatoms. The number of aromatic nitrogens is 3. The fraction of sp³-hybridized carbons (Fsp3) is 0.300. The first kappa shape index (κ1) is 21.4. The molecular weight excluding hydrogens is 444 g/mol. The van der Waals surface area contributed by atoms with E-state index in [0.717, 1.165) is 76.4 Å². The number of fused-ring (bicyclic) bond motifs is 3. The molecule has 0 N–H and O–H groups in total. The molecule has 0 unspecified atom stereocenters. The summed E-state index contributed by atoms with van der Waals surface area (Å²) < 4.78 is 0. The van der Waals surface area contributed by atoms with Gasteiger partial charge < -0.3 is 14.7 Å². The molecule has 3 aromatic carbocycles. The van der Waals surface area contributed by atoms with E-state index in [1.165, 1.54) is 33.4 Å². The summed E-state index contributed by atoms with van der Waals surface area (Å²) in [5.41, 5.74) is 8.40. The van der Waals surface area contributed by atoms with Gasteiger partial charge in [-0.15, -0.1) is 0 Å². The maximum atomic E-state index is 5.07. The SMILES string of the molecule is c1ccc2c(c1)CCN(c1nc(N3CCc4ccccc4C3)nc(N3CCc4ccccc4C3)n1)C2. The van der Waals surface area contributed by atoms with Gasteiger partial charge in [0.05, 0.1) is 0 Å². The fourth-order valence-electron chi connectivity index (χ4n) is 5.77. The first-order valence-corrected chi connectivity index (χ1v) is 13.0. The molecule has 3 aliphatic rings. The molecular formula is C30H30N6. The molecule has 0 atom stereocenters. The van der Waals surface area contributed by atoms with Crippen LogP contribution in [0.3, 0.4) is 0 Å². The standard InChI is InChI=1S/C30H30N6/c1-4-10-25-19-34(16-13-22(25)7-1)28-31-29(35-17-14-23-8-2-5-11-26(23)20-35)33-30(32-28)36-18-15-24-9-3-6-12-27(24)21-36/h1-12H,13-21H2. The molecule has 0 radical (unpaired) electrons. The summed E-state index contributed by atoms with van der Waals surface area (Å²) in [5, 5.41) is 0. The molecule has 3 aliphatic heterocycles. The molecule has 4 aromatic rings. The summed E-state index contributed by atoms with van der Waals surface area (Å²) in [7, 11) is 0. The minimum atomic E-state index is 0.794. The lowest BCUT2D eigenvalue weighted by Gasteiger charge is -2.34. The van der Waals surface area contributed by atoms with Crippen LogP contribution in [-0.4, -0.2) is 34.6 Å². The highest BCUT2D eigenvalue weighted by atomic mass is 15.4. The fourth-order valence-corrected chi connectivity index (χ4v) is 5.77. The maximum Gasteiger partial charge on any atom is 0.232 e. The minimum absolute atomic E-state index is 0.794. The van der Waals surface area contributed by atoms with E-state index in [1.54, 1.807) is 0 Å². The first-order valence-electron chi connectivity index (χ1n) is 13.0. The van der Waals surface area contributed by atoms with Crippen molar-refractivity contribution in [1.82, 2.24) is 15.0 Å². The van der Waals surface area contributed by atoms with E-state index in [1.807, 2.05) is 0 Å². The third kappa shape index (κ3) is 3.96. The van der Waals surface area contributed by atoms with Gasteiger partial charge in [-0.25, -0.2) is 0 Å². The van der Waals surface area contributed by atoms with E-state index in [-0.39, 0.29) is 0 Å². The van der Waals surface area contributed by atoms with Crippen LogP contribution in [-0.2, 0) is 38.9 Å². The molecule has 0 saturated carbocycles. The summed E-state index contributed by atoms with van der Waals surface area (Å²) in [6, 6.07) is 26.2. The van der Waals surface area contributed by atoms with Gasteiger partial charge in [-0.2, -0.15) is 15.0 Å². The lowest BCUT2D eigenvalue weighted by atomic mass is 10.00. The highest BCUT2D eigenvalue weighted by molar-refractivity contribution is 5.51. The van der Waals surface area contributed by atoms with Crippen molar-refractivity contribution in [2.24, 2.45) is 0 Å². The molecule has 7 rings (SSSR count). The largest absolute Gasteiger partial charge is 0.336 e. The van der Waals surface area contributed by atoms with Crippen molar-refractivity contribution in [3.8, 4) is 0 Å². The van der Waals surface area contributed by atoms with Gasteiger partial charge in [0.25, 0.3) is 0 Å². The Morgan fingerprint density at radius 3 is 0.972 bits per heavy atom. The van der Waals surface area contributed by atoms with Crippen molar-refractivity contribution in [1.29, 1.82) is 0 Å². The zero-order valence-corrected chi connectivity index (χ0v) is 20.5. The van der Waals surface area contributed by atoms with E-state index in [2.05, 4.69) is 87.5 Å². The van der Waals surface area contributed by atoms with Crippen molar-refractivity contribution in [3.63, 3.8) is 0 Å². The highest BCUT2D eigenvalue weighted by Gasteiger charge is 2.26. The van der Waals surface area contributed by atoms with Gasteiger partial charge in [-0.1, -0.05) is 72.8 Å². The highest BCUT2D eigenvalue weighted by Crippen LogP contribution is 2.29. The Morgan fingerprint density at radius 2 is 0.667 bits per heavy atom. The van der Waals surface area contributed by atoms with Gasteiger partial charge in [0.15, 0.2) is 0 Å². The Labute approximate surface area is 212 Å². The molecule has 0 saturated heterocycles. The summed E-state index contributed by atoms with van der Waals surface area (Å²) in [6.45, 7) is 5.28. The predicted molar refractivity (Wildman–Crippen MR) is 143 cm³/mol. The van der Waals surface area contributed by atoms with E-state index < -0.39 is 0 Å². The van der Waals surface area contributed by atoms with Gasteiger partial charge in [-0.05, 0) is 52.6 Å². The third-order valence-electron chi connectivity index (χ3n) is 7.84. The van der Waals surface area contributed by atoms with Gasteiger partial charge >= 0.3 is 0 Å². The topological polar surface area (TPSA) is 48.4 Å². The summed E-state index contributed by atoms with van der Waals surface area (Å²) in [4.78, 5) is 22.2. The Kier molecular flexibility index (Phi) is 5.30. The van der Waals surface area contributed by atoms with Crippen LogP contribution in [0.5, 0.6) is 0 Å². The third-order valence-corrected chi connectivity index (χ3v) is 7.84. The second-order valence-corrected chi connectivity index (χ2v) is 10.1. The maximum absolute atomic E-state index is 5.07. The van der Waals surface area contributed by atoms with Crippen molar-refractivity contribution in [2.75, 3.05) is 34.3 Å². The number of hydrogen-bond donors (Lipinski definition) is 0. The lowest BCUT2D eigenvalue weighted by Crippen LogP contribution is -2.37. The van der Waals surface area contributed by atoms with Crippen molar-refractivity contribution in [2.45, 2.75) is 38.9 Å². The molecule has 6 nitrogen and oxygen atoms in total. The number of hydrogen-bond acceptors (Lipinski definition) is 6. The summed E-state index contributed by atoms with van der Waals surface area (Å²) >= 11 is 0. The van der Waals surface area contributed by atoms with Gasteiger partial charge in [0, 0.05) is 39.3 Å². The second kappa shape index (κ2) is 8.94. The van der Waals surface area contributed by atoms with Crippen LogP contribution < -0.4 is 14.7 Å². The lowest BCUT2D eigenvalue weighted by molar-refractivity contribution is 0.661. The molecule has 0 fully saturated rings. The summed E-state index contributed by atoms with van der Waals surface area (Å²) in [6.07, 6.45) is 3.04.